The highest BCUT2D eigenvalue weighted by atomic mass is 16.2. The van der Waals surface area contributed by atoms with E-state index in [2.05, 4.69) is 20.8 Å². The van der Waals surface area contributed by atoms with Crippen molar-refractivity contribution in [1.29, 1.82) is 0 Å². The number of anilines is 2. The lowest BCUT2D eigenvalue weighted by molar-refractivity contribution is 0.223. The summed E-state index contributed by atoms with van der Waals surface area (Å²) in [6.45, 7) is 3.70. The van der Waals surface area contributed by atoms with Crippen molar-refractivity contribution in [2.24, 2.45) is 10.2 Å². The van der Waals surface area contributed by atoms with Crippen LogP contribution in [-0.2, 0) is 0 Å². The summed E-state index contributed by atoms with van der Waals surface area (Å²) in [6.07, 6.45) is 0.857. The summed E-state index contributed by atoms with van der Waals surface area (Å²) in [5.41, 5.74) is 1.31. The van der Waals surface area contributed by atoms with E-state index in [0.717, 1.165) is 0 Å². The van der Waals surface area contributed by atoms with Crippen molar-refractivity contribution in [3.63, 3.8) is 0 Å². The molecule has 8 nitrogen and oxygen atoms in total. The number of para-hydroxylation sites is 2. The molecule has 1 aliphatic rings. The molecular weight excluding hydrogens is 356 g/mol. The molecular formula is C20H22N6O2. The molecule has 8 heteroatoms. The van der Waals surface area contributed by atoms with Gasteiger partial charge >= 0.3 is 12.1 Å². The fourth-order valence-corrected chi connectivity index (χ4v) is 2.59. The third kappa shape index (κ3) is 4.35. The number of nitrogens with one attached hydrogen (secondary N) is 2. The van der Waals surface area contributed by atoms with Crippen LogP contribution in [0.5, 0.6) is 0 Å². The number of rotatable bonds is 4. The van der Waals surface area contributed by atoms with Gasteiger partial charge in [0.15, 0.2) is 11.7 Å². The largest absolute Gasteiger partial charge is 0.348 e. The number of amidine groups is 2. The molecule has 3 rings (SSSR count). The van der Waals surface area contributed by atoms with E-state index in [-0.39, 0.29) is 0 Å². The molecule has 28 heavy (non-hydrogen) atoms. The van der Waals surface area contributed by atoms with Gasteiger partial charge in [-0.1, -0.05) is 50.2 Å². The van der Waals surface area contributed by atoms with Gasteiger partial charge < -0.3 is 10.6 Å². The van der Waals surface area contributed by atoms with E-state index in [1.807, 2.05) is 50.2 Å². The van der Waals surface area contributed by atoms with E-state index >= 15 is 0 Å². The topological polar surface area (TPSA) is 89.4 Å². The Morgan fingerprint density at radius 1 is 0.714 bits per heavy atom. The summed E-state index contributed by atoms with van der Waals surface area (Å²) in [6, 6.07) is 17.3. The zero-order valence-electron chi connectivity index (χ0n) is 15.8. The number of amides is 4. The van der Waals surface area contributed by atoms with E-state index in [1.54, 1.807) is 24.3 Å². The normalized spacial score (nSPS) is 13.5. The maximum absolute atomic E-state index is 12.7. The first kappa shape index (κ1) is 19.1. The van der Waals surface area contributed by atoms with Crippen molar-refractivity contribution >= 4 is 35.1 Å². The number of hydrogen-bond acceptors (Lipinski definition) is 4. The second-order valence-electron chi connectivity index (χ2n) is 5.96. The second kappa shape index (κ2) is 8.81. The monoisotopic (exact) mass is 378 g/mol. The van der Waals surface area contributed by atoms with Crippen molar-refractivity contribution in [3.8, 4) is 0 Å². The highest BCUT2D eigenvalue weighted by Gasteiger charge is 2.29. The average Bonchev–Trinajstić information content (AvgIpc) is 2.74. The van der Waals surface area contributed by atoms with Crippen LogP contribution in [-0.4, -0.2) is 33.8 Å². The van der Waals surface area contributed by atoms with Gasteiger partial charge in [-0.25, -0.2) is 9.59 Å². The Bertz CT molecular complexity index is 820. The second-order valence-corrected chi connectivity index (χ2v) is 5.96. The third-order valence-corrected chi connectivity index (χ3v) is 3.99. The quantitative estimate of drug-likeness (QED) is 0.819. The minimum Gasteiger partial charge on any atom is -0.306 e. The predicted molar refractivity (Wildman–Crippen MR) is 110 cm³/mol. The fraction of sp³-hybridized carbons (Fsp3) is 0.200. The van der Waals surface area contributed by atoms with Crippen LogP contribution in [0.2, 0.25) is 0 Å². The maximum Gasteiger partial charge on any atom is 0.348 e. The van der Waals surface area contributed by atoms with Crippen molar-refractivity contribution in [3.05, 3.63) is 60.7 Å². The van der Waals surface area contributed by atoms with Crippen LogP contribution in [0, 0.1) is 0 Å². The van der Waals surface area contributed by atoms with Crippen LogP contribution in [0.1, 0.15) is 26.7 Å². The van der Waals surface area contributed by atoms with Gasteiger partial charge in [-0.15, -0.1) is 10.2 Å². The molecule has 1 aliphatic heterocycles. The molecule has 0 bridgehead atoms. The van der Waals surface area contributed by atoms with Gasteiger partial charge in [0.05, 0.1) is 0 Å². The lowest BCUT2D eigenvalue weighted by Crippen LogP contribution is -2.46. The number of nitrogens with zero attached hydrogens (tertiary/aromatic N) is 4. The molecule has 0 fully saturated rings. The Kier molecular flexibility index (Phi) is 6.01. The Morgan fingerprint density at radius 3 is 1.39 bits per heavy atom. The summed E-state index contributed by atoms with van der Waals surface area (Å²) < 4.78 is 0. The van der Waals surface area contributed by atoms with Crippen LogP contribution in [0.25, 0.3) is 0 Å². The Balaban J connectivity index is 1.80. The van der Waals surface area contributed by atoms with Gasteiger partial charge in [-0.2, -0.15) is 10.0 Å². The minimum absolute atomic E-state index is 0.369. The molecule has 0 radical (unpaired) electrons. The molecule has 1 heterocycles. The number of carbonyl (C=O) groups excluding carboxylic acids is 2. The smallest absolute Gasteiger partial charge is 0.306 e. The van der Waals surface area contributed by atoms with E-state index in [0.29, 0.717) is 35.9 Å². The van der Waals surface area contributed by atoms with Gasteiger partial charge in [0.2, 0.25) is 0 Å². The third-order valence-electron chi connectivity index (χ3n) is 3.99. The van der Waals surface area contributed by atoms with Crippen LogP contribution in [0.15, 0.2) is 70.9 Å². The predicted octanol–water partition coefficient (Wildman–Crippen LogP) is 4.52. The number of hydrazone groups is 2. The first-order chi connectivity index (χ1) is 13.6. The number of urea groups is 2. The first-order valence-corrected chi connectivity index (χ1v) is 9.09. The van der Waals surface area contributed by atoms with E-state index < -0.39 is 12.1 Å². The minimum atomic E-state index is -0.430. The number of benzene rings is 2. The zero-order chi connectivity index (χ0) is 19.9. The molecule has 2 aromatic carbocycles. The Morgan fingerprint density at radius 2 is 1.07 bits per heavy atom. The van der Waals surface area contributed by atoms with E-state index in [1.165, 1.54) is 10.0 Å². The summed E-state index contributed by atoms with van der Waals surface area (Å²) in [5, 5.41) is 16.7. The van der Waals surface area contributed by atoms with Crippen LogP contribution in [0.3, 0.4) is 0 Å². The summed E-state index contributed by atoms with van der Waals surface area (Å²) in [5.74, 6) is 0.739. The first-order valence-electron chi connectivity index (χ1n) is 9.09. The van der Waals surface area contributed by atoms with Crippen molar-refractivity contribution in [2.45, 2.75) is 26.7 Å². The van der Waals surface area contributed by atoms with Gasteiger partial charge in [-0.3, -0.25) is 0 Å². The highest BCUT2D eigenvalue weighted by molar-refractivity contribution is 6.10. The number of hydrogen-bond donors (Lipinski definition) is 2. The zero-order valence-corrected chi connectivity index (χ0v) is 15.8. The maximum atomic E-state index is 12.7. The molecule has 0 saturated heterocycles. The Hall–Kier alpha value is -3.68. The number of carbonyl (C=O) groups is 2. The standard InChI is InChI=1S/C20H22N6O2/c1-3-17-23-26(20(28)22-16-13-9-6-10-14-16)18(4-2)24-25(17)19(27)21-15-11-7-5-8-12-15/h5-14H,3-4H2,1-2H3,(H,21,27)(H,22,28). The van der Waals surface area contributed by atoms with Crippen molar-refractivity contribution < 1.29 is 9.59 Å². The molecule has 0 aromatic heterocycles. The van der Waals surface area contributed by atoms with Gasteiger partial charge in [0.25, 0.3) is 0 Å². The summed E-state index contributed by atoms with van der Waals surface area (Å²) in [4.78, 5) is 25.3. The fourth-order valence-electron chi connectivity index (χ4n) is 2.59. The molecule has 0 spiro atoms. The summed E-state index contributed by atoms with van der Waals surface area (Å²) in [7, 11) is 0. The molecule has 2 aromatic rings. The molecule has 0 saturated carbocycles. The average molecular weight is 378 g/mol. The van der Waals surface area contributed by atoms with E-state index in [9.17, 15) is 9.59 Å². The van der Waals surface area contributed by atoms with Crippen LogP contribution in [0.4, 0.5) is 21.0 Å². The molecule has 0 unspecified atom stereocenters. The van der Waals surface area contributed by atoms with Gasteiger partial charge in [-0.05, 0) is 24.3 Å². The molecule has 144 valence electrons. The lowest BCUT2D eigenvalue weighted by atomic mass is 10.3. The molecule has 0 atom stereocenters. The van der Waals surface area contributed by atoms with Crippen LogP contribution < -0.4 is 10.6 Å². The lowest BCUT2D eigenvalue weighted by Gasteiger charge is -2.29. The SMILES string of the molecule is CCC1=NN(C(=O)Nc2ccccc2)C(CC)=NN1C(=O)Nc1ccccc1. The van der Waals surface area contributed by atoms with E-state index in [4.69, 9.17) is 0 Å². The van der Waals surface area contributed by atoms with Crippen LogP contribution >= 0.6 is 0 Å². The van der Waals surface area contributed by atoms with Crippen molar-refractivity contribution in [2.75, 3.05) is 10.6 Å². The van der Waals surface area contributed by atoms with Gasteiger partial charge in [0.1, 0.15) is 0 Å². The van der Waals surface area contributed by atoms with Crippen molar-refractivity contribution in [1.82, 2.24) is 10.0 Å². The highest BCUT2D eigenvalue weighted by Crippen LogP contribution is 2.16. The summed E-state index contributed by atoms with van der Waals surface area (Å²) >= 11 is 0. The molecule has 4 amide bonds. The molecule has 2 N–H and O–H groups in total. The Labute approximate surface area is 163 Å². The van der Waals surface area contributed by atoms with Gasteiger partial charge in [0, 0.05) is 24.2 Å². The molecule has 0 aliphatic carbocycles.